The minimum Gasteiger partial charge on any atom is -0.496 e. The van der Waals surface area contributed by atoms with Crippen molar-refractivity contribution in [3.63, 3.8) is 0 Å². The molecular formula is C16H24N2O6. The third-order valence-electron chi connectivity index (χ3n) is 3.43. The first-order chi connectivity index (χ1) is 11.1. The van der Waals surface area contributed by atoms with Gasteiger partial charge in [-0.1, -0.05) is 13.8 Å². The van der Waals surface area contributed by atoms with Crippen LogP contribution >= 0.6 is 0 Å². The zero-order chi connectivity index (χ0) is 18.5. The van der Waals surface area contributed by atoms with Crippen LogP contribution in [0.3, 0.4) is 0 Å². The Bertz CT molecular complexity index is 588. The van der Waals surface area contributed by atoms with Crippen molar-refractivity contribution in [1.82, 2.24) is 5.32 Å². The molecule has 1 aromatic rings. The van der Waals surface area contributed by atoms with Gasteiger partial charge >= 0.3 is 12.0 Å². The summed E-state index contributed by atoms with van der Waals surface area (Å²) >= 11 is 0. The second kappa shape index (κ2) is 7.87. The Morgan fingerprint density at radius 2 is 1.71 bits per heavy atom. The van der Waals surface area contributed by atoms with Crippen molar-refractivity contribution in [2.45, 2.75) is 32.3 Å². The SMILES string of the molecule is COc1cc(NC(=O)NCC(C)(O)C(=O)O)cc(OC)c1C(C)C. The molecule has 0 bridgehead atoms. The lowest BCUT2D eigenvalue weighted by molar-refractivity contribution is -0.155. The molecule has 8 heteroatoms. The van der Waals surface area contributed by atoms with Crippen molar-refractivity contribution < 1.29 is 29.3 Å². The molecule has 0 aromatic heterocycles. The van der Waals surface area contributed by atoms with Crippen LogP contribution in [0, 0.1) is 0 Å². The van der Waals surface area contributed by atoms with Gasteiger partial charge in [-0.3, -0.25) is 0 Å². The molecule has 2 amide bonds. The third-order valence-corrected chi connectivity index (χ3v) is 3.43. The maximum absolute atomic E-state index is 11.9. The number of aliphatic carboxylic acids is 1. The minimum atomic E-state index is -2.05. The highest BCUT2D eigenvalue weighted by Gasteiger charge is 2.30. The molecule has 1 atom stereocenters. The van der Waals surface area contributed by atoms with E-state index >= 15 is 0 Å². The van der Waals surface area contributed by atoms with E-state index in [4.69, 9.17) is 14.6 Å². The Morgan fingerprint density at radius 3 is 2.08 bits per heavy atom. The first-order valence-corrected chi connectivity index (χ1v) is 7.39. The van der Waals surface area contributed by atoms with Gasteiger partial charge in [0, 0.05) is 23.4 Å². The molecule has 134 valence electrons. The summed E-state index contributed by atoms with van der Waals surface area (Å²) in [5.41, 5.74) is -0.755. The van der Waals surface area contributed by atoms with Crippen LogP contribution in [0.15, 0.2) is 12.1 Å². The summed E-state index contributed by atoms with van der Waals surface area (Å²) < 4.78 is 10.7. The fourth-order valence-electron chi connectivity index (χ4n) is 2.08. The van der Waals surface area contributed by atoms with E-state index in [1.54, 1.807) is 12.1 Å². The van der Waals surface area contributed by atoms with Crippen LogP contribution in [0.25, 0.3) is 0 Å². The Labute approximate surface area is 140 Å². The number of carbonyl (C=O) groups is 2. The summed E-state index contributed by atoms with van der Waals surface area (Å²) in [5.74, 6) is -0.134. The molecule has 0 spiro atoms. The van der Waals surface area contributed by atoms with E-state index < -0.39 is 24.1 Å². The number of carboxylic acids is 1. The Hall–Kier alpha value is -2.48. The van der Waals surface area contributed by atoms with Crippen molar-refractivity contribution in [3.05, 3.63) is 17.7 Å². The second-order valence-corrected chi connectivity index (χ2v) is 5.84. The fraction of sp³-hybridized carbons (Fsp3) is 0.500. The van der Waals surface area contributed by atoms with E-state index in [0.29, 0.717) is 17.2 Å². The summed E-state index contributed by atoms with van der Waals surface area (Å²) in [5, 5.41) is 23.3. The van der Waals surface area contributed by atoms with Crippen LogP contribution in [0.5, 0.6) is 11.5 Å². The zero-order valence-electron chi connectivity index (χ0n) is 14.5. The van der Waals surface area contributed by atoms with Crippen LogP contribution < -0.4 is 20.1 Å². The van der Waals surface area contributed by atoms with Gasteiger partial charge in [0.2, 0.25) is 0 Å². The van der Waals surface area contributed by atoms with Crippen molar-refractivity contribution in [3.8, 4) is 11.5 Å². The predicted molar refractivity (Wildman–Crippen MR) is 88.9 cm³/mol. The van der Waals surface area contributed by atoms with E-state index in [0.717, 1.165) is 12.5 Å². The molecule has 1 unspecified atom stereocenters. The molecule has 1 aromatic carbocycles. The van der Waals surface area contributed by atoms with Crippen LogP contribution in [0.1, 0.15) is 32.3 Å². The fourth-order valence-corrected chi connectivity index (χ4v) is 2.08. The molecule has 0 fully saturated rings. The van der Waals surface area contributed by atoms with Gasteiger partial charge in [0.05, 0.1) is 20.8 Å². The van der Waals surface area contributed by atoms with Gasteiger partial charge in [0.1, 0.15) is 11.5 Å². The molecular weight excluding hydrogens is 316 g/mol. The van der Waals surface area contributed by atoms with Gasteiger partial charge in [-0.25, -0.2) is 9.59 Å². The normalized spacial score (nSPS) is 13.1. The zero-order valence-corrected chi connectivity index (χ0v) is 14.5. The molecule has 0 radical (unpaired) electrons. The lowest BCUT2D eigenvalue weighted by Gasteiger charge is -2.20. The van der Waals surface area contributed by atoms with Gasteiger partial charge < -0.3 is 30.3 Å². The van der Waals surface area contributed by atoms with E-state index in [9.17, 15) is 14.7 Å². The Balaban J connectivity index is 2.92. The van der Waals surface area contributed by atoms with Gasteiger partial charge in [0.15, 0.2) is 5.60 Å². The summed E-state index contributed by atoms with van der Waals surface area (Å²) in [6.07, 6.45) is 0. The molecule has 0 saturated carbocycles. The Morgan fingerprint density at radius 1 is 1.21 bits per heavy atom. The number of ether oxygens (including phenoxy) is 2. The molecule has 24 heavy (non-hydrogen) atoms. The van der Waals surface area contributed by atoms with Crippen molar-refractivity contribution >= 4 is 17.7 Å². The van der Waals surface area contributed by atoms with Gasteiger partial charge in [-0.15, -0.1) is 0 Å². The third kappa shape index (κ3) is 4.76. The molecule has 0 aliphatic rings. The van der Waals surface area contributed by atoms with E-state index in [1.165, 1.54) is 14.2 Å². The molecule has 0 aliphatic heterocycles. The number of carboxylic acid groups (broad SMARTS) is 1. The number of methoxy groups -OCH3 is 2. The maximum atomic E-state index is 11.9. The Kier molecular flexibility index (Phi) is 6.42. The highest BCUT2D eigenvalue weighted by Crippen LogP contribution is 2.37. The first kappa shape index (κ1) is 19.6. The molecule has 4 N–H and O–H groups in total. The summed E-state index contributed by atoms with van der Waals surface area (Å²) in [6.45, 7) is 4.65. The highest BCUT2D eigenvalue weighted by atomic mass is 16.5. The molecule has 0 aliphatic carbocycles. The molecule has 1 rings (SSSR count). The van der Waals surface area contributed by atoms with Crippen LogP contribution in [-0.2, 0) is 4.79 Å². The number of hydrogen-bond acceptors (Lipinski definition) is 5. The number of aliphatic hydroxyl groups is 1. The smallest absolute Gasteiger partial charge is 0.337 e. The van der Waals surface area contributed by atoms with Gasteiger partial charge in [0.25, 0.3) is 0 Å². The average Bonchev–Trinajstić information content (AvgIpc) is 2.51. The summed E-state index contributed by atoms with van der Waals surface area (Å²) in [7, 11) is 3.04. The quantitative estimate of drug-likeness (QED) is 0.601. The molecule has 0 heterocycles. The standard InChI is InChI=1S/C16H24N2O6/c1-9(2)13-11(23-4)6-10(7-12(13)24-5)18-15(21)17-8-16(3,22)14(19)20/h6-7,9,22H,8H2,1-5H3,(H,19,20)(H2,17,18,21). The van der Waals surface area contributed by atoms with E-state index in [-0.39, 0.29) is 5.92 Å². The number of hydrogen-bond donors (Lipinski definition) is 4. The number of carbonyl (C=O) groups excluding carboxylic acids is 1. The van der Waals surface area contributed by atoms with Crippen molar-refractivity contribution in [2.75, 3.05) is 26.1 Å². The monoisotopic (exact) mass is 340 g/mol. The lowest BCUT2D eigenvalue weighted by atomic mass is 10.00. The van der Waals surface area contributed by atoms with Crippen LogP contribution in [0.2, 0.25) is 0 Å². The van der Waals surface area contributed by atoms with Crippen LogP contribution in [0.4, 0.5) is 10.5 Å². The number of amides is 2. The number of nitrogens with one attached hydrogen (secondary N) is 2. The maximum Gasteiger partial charge on any atom is 0.337 e. The number of benzene rings is 1. The molecule has 8 nitrogen and oxygen atoms in total. The summed E-state index contributed by atoms with van der Waals surface area (Å²) in [4.78, 5) is 22.7. The highest BCUT2D eigenvalue weighted by molar-refractivity contribution is 5.90. The van der Waals surface area contributed by atoms with E-state index in [2.05, 4.69) is 10.6 Å². The minimum absolute atomic E-state index is 0.156. The van der Waals surface area contributed by atoms with E-state index in [1.807, 2.05) is 13.8 Å². The lowest BCUT2D eigenvalue weighted by Crippen LogP contribution is -2.47. The molecule has 0 saturated heterocycles. The summed E-state index contributed by atoms with van der Waals surface area (Å²) in [6, 6.07) is 2.64. The van der Waals surface area contributed by atoms with Gasteiger partial charge in [-0.2, -0.15) is 0 Å². The van der Waals surface area contributed by atoms with Crippen LogP contribution in [-0.4, -0.2) is 48.6 Å². The first-order valence-electron chi connectivity index (χ1n) is 7.39. The van der Waals surface area contributed by atoms with Gasteiger partial charge in [-0.05, 0) is 12.8 Å². The van der Waals surface area contributed by atoms with Crippen molar-refractivity contribution in [2.24, 2.45) is 0 Å². The van der Waals surface area contributed by atoms with Crippen molar-refractivity contribution in [1.29, 1.82) is 0 Å². The number of anilines is 1. The second-order valence-electron chi connectivity index (χ2n) is 5.84. The predicted octanol–water partition coefficient (Wildman–Crippen LogP) is 1.78. The number of rotatable bonds is 7. The number of urea groups is 1. The topological polar surface area (TPSA) is 117 Å². The largest absolute Gasteiger partial charge is 0.496 e. The average molecular weight is 340 g/mol.